The van der Waals surface area contributed by atoms with Crippen molar-refractivity contribution in [3.05, 3.63) is 69.3 Å². The largest absolute Gasteiger partial charge is 0.366 e. The molecule has 0 bridgehead atoms. The van der Waals surface area contributed by atoms with Gasteiger partial charge in [-0.1, -0.05) is 34.8 Å². The lowest BCUT2D eigenvalue weighted by molar-refractivity contribution is -0.122. The number of nitrogens with one attached hydrogen (secondary N) is 2. The van der Waals surface area contributed by atoms with Crippen LogP contribution in [-0.4, -0.2) is 41.9 Å². The summed E-state index contributed by atoms with van der Waals surface area (Å²) in [6.07, 6.45) is 1.54. The van der Waals surface area contributed by atoms with Crippen LogP contribution in [0.15, 0.2) is 54.2 Å². The molecule has 10 heteroatoms. The van der Waals surface area contributed by atoms with Crippen LogP contribution in [0, 0.1) is 0 Å². The molecule has 154 valence electrons. The standard InChI is InChI=1S/C20H15Cl3N4O3/c1-26-9-13(18(28)24-15-7-4-11(22)8-14(15)23)16-17(26)19(29)27(20(30)25-16)12-5-2-10(21)3-6-12/h2-9,16-17H,1H3,(H,24,28)(H,25,30). The van der Waals surface area contributed by atoms with E-state index in [2.05, 4.69) is 10.6 Å². The summed E-state index contributed by atoms with van der Waals surface area (Å²) in [6.45, 7) is 0. The van der Waals surface area contributed by atoms with Gasteiger partial charge in [0, 0.05) is 23.3 Å². The van der Waals surface area contributed by atoms with Gasteiger partial charge in [0.1, 0.15) is 6.04 Å². The van der Waals surface area contributed by atoms with Gasteiger partial charge in [-0.2, -0.15) is 0 Å². The van der Waals surface area contributed by atoms with Gasteiger partial charge >= 0.3 is 6.03 Å². The first-order valence-electron chi connectivity index (χ1n) is 8.86. The van der Waals surface area contributed by atoms with Crippen molar-refractivity contribution >= 4 is 64.0 Å². The maximum Gasteiger partial charge on any atom is 0.329 e. The third kappa shape index (κ3) is 3.60. The van der Waals surface area contributed by atoms with Crippen LogP contribution < -0.4 is 15.5 Å². The van der Waals surface area contributed by atoms with Crippen molar-refractivity contribution in [3.63, 3.8) is 0 Å². The number of urea groups is 1. The number of carbonyl (C=O) groups is 3. The average Bonchev–Trinajstić information content (AvgIpc) is 3.02. The van der Waals surface area contributed by atoms with Gasteiger partial charge in [-0.25, -0.2) is 9.69 Å². The first-order valence-corrected chi connectivity index (χ1v) is 10.00. The number of imide groups is 1. The molecule has 2 aliphatic heterocycles. The van der Waals surface area contributed by atoms with Gasteiger partial charge < -0.3 is 15.5 Å². The molecule has 2 heterocycles. The first-order chi connectivity index (χ1) is 14.3. The Bertz CT molecular complexity index is 1090. The van der Waals surface area contributed by atoms with Crippen molar-refractivity contribution in [2.45, 2.75) is 12.1 Å². The van der Waals surface area contributed by atoms with Gasteiger partial charge in [0.15, 0.2) is 0 Å². The van der Waals surface area contributed by atoms with Gasteiger partial charge in [-0.15, -0.1) is 0 Å². The Hall–Kier alpha value is -2.74. The highest BCUT2D eigenvalue weighted by atomic mass is 35.5. The summed E-state index contributed by atoms with van der Waals surface area (Å²) < 4.78 is 0. The van der Waals surface area contributed by atoms with Crippen LogP contribution in [0.1, 0.15) is 0 Å². The van der Waals surface area contributed by atoms with Crippen LogP contribution in [0.5, 0.6) is 0 Å². The number of benzene rings is 2. The molecular weight excluding hydrogens is 451 g/mol. The first kappa shape index (κ1) is 20.5. The zero-order valence-corrected chi connectivity index (χ0v) is 17.8. The Morgan fingerprint density at radius 2 is 1.70 bits per heavy atom. The summed E-state index contributed by atoms with van der Waals surface area (Å²) in [7, 11) is 1.67. The highest BCUT2D eigenvalue weighted by Gasteiger charge is 2.49. The molecule has 2 aliphatic rings. The Morgan fingerprint density at radius 1 is 1.03 bits per heavy atom. The minimum atomic E-state index is -0.801. The zero-order valence-electron chi connectivity index (χ0n) is 15.5. The van der Waals surface area contributed by atoms with E-state index in [0.29, 0.717) is 21.4 Å². The molecule has 0 radical (unpaired) electrons. The summed E-state index contributed by atoms with van der Waals surface area (Å²) in [4.78, 5) is 41.3. The van der Waals surface area contributed by atoms with Crippen LogP contribution in [0.25, 0.3) is 0 Å². The van der Waals surface area contributed by atoms with E-state index in [4.69, 9.17) is 34.8 Å². The van der Waals surface area contributed by atoms with E-state index in [0.717, 1.165) is 4.90 Å². The second-order valence-electron chi connectivity index (χ2n) is 6.85. The lowest BCUT2D eigenvalue weighted by Crippen LogP contribution is -2.65. The van der Waals surface area contributed by atoms with E-state index in [1.54, 1.807) is 48.3 Å². The fraction of sp³-hybridized carbons (Fsp3) is 0.150. The number of carbonyl (C=O) groups excluding carboxylic acids is 3. The number of rotatable bonds is 3. The number of halogens is 3. The minimum absolute atomic E-state index is 0.242. The number of anilines is 2. The minimum Gasteiger partial charge on any atom is -0.366 e. The maximum absolute atomic E-state index is 13.1. The molecule has 4 amide bonds. The average molecular weight is 466 g/mol. The fourth-order valence-corrected chi connectivity index (χ4v) is 4.09. The Morgan fingerprint density at radius 3 is 2.37 bits per heavy atom. The molecule has 2 aromatic rings. The molecule has 30 heavy (non-hydrogen) atoms. The summed E-state index contributed by atoms with van der Waals surface area (Å²) in [5.74, 6) is -0.927. The van der Waals surface area contributed by atoms with Crippen molar-refractivity contribution in [3.8, 4) is 0 Å². The van der Waals surface area contributed by atoms with Crippen LogP contribution in [0.2, 0.25) is 15.1 Å². The second kappa shape index (κ2) is 7.83. The van der Waals surface area contributed by atoms with Crippen molar-refractivity contribution < 1.29 is 14.4 Å². The van der Waals surface area contributed by atoms with E-state index in [1.807, 2.05) is 0 Å². The Balaban J connectivity index is 1.58. The number of hydrogen-bond acceptors (Lipinski definition) is 4. The van der Waals surface area contributed by atoms with E-state index < -0.39 is 29.9 Å². The molecule has 0 saturated carbocycles. The normalized spacial score (nSPS) is 20.6. The molecule has 2 atom stereocenters. The summed E-state index contributed by atoms with van der Waals surface area (Å²) in [6, 6.07) is 8.84. The van der Waals surface area contributed by atoms with E-state index in [9.17, 15) is 14.4 Å². The lowest BCUT2D eigenvalue weighted by atomic mass is 9.99. The van der Waals surface area contributed by atoms with Crippen LogP contribution in [0.4, 0.5) is 16.2 Å². The SMILES string of the molecule is CN1C=C(C(=O)Nc2ccc(Cl)cc2Cl)C2NC(=O)N(c3ccc(Cl)cc3)C(=O)C21. The van der Waals surface area contributed by atoms with Crippen molar-refractivity contribution in [2.24, 2.45) is 0 Å². The maximum atomic E-state index is 13.1. The number of hydrogen-bond donors (Lipinski definition) is 2. The fourth-order valence-electron chi connectivity index (χ4n) is 3.51. The van der Waals surface area contributed by atoms with Crippen LogP contribution in [0.3, 0.4) is 0 Å². The third-order valence-corrected chi connectivity index (χ3v) is 5.71. The second-order valence-corrected chi connectivity index (χ2v) is 8.13. The number of fused-ring (bicyclic) bond motifs is 1. The quantitative estimate of drug-likeness (QED) is 0.720. The summed E-state index contributed by atoms with van der Waals surface area (Å²) in [5, 5.41) is 6.65. The Kier molecular flexibility index (Phi) is 5.36. The molecule has 2 aromatic carbocycles. The molecule has 2 unspecified atom stereocenters. The zero-order chi connectivity index (χ0) is 21.6. The van der Waals surface area contributed by atoms with Gasteiger partial charge in [-0.05, 0) is 42.5 Å². The van der Waals surface area contributed by atoms with Crippen molar-refractivity contribution in [1.82, 2.24) is 10.2 Å². The van der Waals surface area contributed by atoms with Gasteiger partial charge in [0.05, 0.1) is 28.0 Å². The van der Waals surface area contributed by atoms with Gasteiger partial charge in [0.25, 0.3) is 11.8 Å². The smallest absolute Gasteiger partial charge is 0.329 e. The van der Waals surface area contributed by atoms with Crippen molar-refractivity contribution in [2.75, 3.05) is 17.3 Å². The van der Waals surface area contributed by atoms with E-state index >= 15 is 0 Å². The monoisotopic (exact) mass is 464 g/mol. The van der Waals surface area contributed by atoms with Gasteiger partial charge in [-0.3, -0.25) is 9.59 Å². The molecule has 7 nitrogen and oxygen atoms in total. The predicted octanol–water partition coefficient (Wildman–Crippen LogP) is 3.91. The summed E-state index contributed by atoms with van der Waals surface area (Å²) in [5.41, 5.74) is 1.000. The highest BCUT2D eigenvalue weighted by Crippen LogP contribution is 2.31. The van der Waals surface area contributed by atoms with E-state index in [-0.39, 0.29) is 10.6 Å². The molecule has 1 saturated heterocycles. The predicted molar refractivity (Wildman–Crippen MR) is 116 cm³/mol. The molecular formula is C20H15Cl3N4O3. The number of nitrogens with zero attached hydrogens (tertiary/aromatic N) is 2. The summed E-state index contributed by atoms with van der Waals surface area (Å²) >= 11 is 17.9. The highest BCUT2D eigenvalue weighted by molar-refractivity contribution is 6.37. The van der Waals surface area contributed by atoms with Gasteiger partial charge in [0.2, 0.25) is 0 Å². The third-order valence-electron chi connectivity index (χ3n) is 4.91. The topological polar surface area (TPSA) is 81.8 Å². The molecule has 0 aliphatic carbocycles. The van der Waals surface area contributed by atoms with Crippen LogP contribution >= 0.6 is 34.8 Å². The van der Waals surface area contributed by atoms with Crippen LogP contribution in [-0.2, 0) is 9.59 Å². The van der Waals surface area contributed by atoms with Crippen molar-refractivity contribution in [1.29, 1.82) is 0 Å². The molecule has 0 spiro atoms. The molecule has 0 aromatic heterocycles. The molecule has 4 rings (SSSR count). The Labute approximate surface area is 187 Å². The van der Waals surface area contributed by atoms with E-state index in [1.165, 1.54) is 12.3 Å². The lowest BCUT2D eigenvalue weighted by Gasteiger charge is -2.37. The molecule has 1 fully saturated rings. The molecule has 2 N–H and O–H groups in total. The number of amides is 4. The number of likely N-dealkylation sites (N-methyl/N-ethyl adjacent to an activating group) is 1.